The fourth-order valence-corrected chi connectivity index (χ4v) is 7.37. The third-order valence-electron chi connectivity index (χ3n) is 8.19. The summed E-state index contributed by atoms with van der Waals surface area (Å²) in [6, 6.07) is 10.8. The zero-order valence-corrected chi connectivity index (χ0v) is 14.8. The molecule has 6 rings (SSSR count). The summed E-state index contributed by atoms with van der Waals surface area (Å²) in [5.41, 5.74) is 7.10. The van der Waals surface area contributed by atoms with Gasteiger partial charge in [0.15, 0.2) is 0 Å². The molecule has 1 aromatic carbocycles. The zero-order chi connectivity index (χ0) is 16.1. The number of likely N-dealkylation sites (N-methyl/N-ethyl adjacent to an activating group) is 1. The maximum atomic E-state index is 2.79. The molecule has 4 aliphatic heterocycles. The Balaban J connectivity index is 1.67. The lowest BCUT2D eigenvalue weighted by atomic mass is 9.57. The zero-order valence-electron chi connectivity index (χ0n) is 14.8. The summed E-state index contributed by atoms with van der Waals surface area (Å²) in [5, 5.41) is 0. The molecule has 0 radical (unpaired) electrons. The molecule has 1 saturated carbocycles. The Morgan fingerprint density at radius 3 is 3.04 bits per heavy atom. The molecule has 0 amide bonds. The Bertz CT molecular complexity index is 806. The van der Waals surface area contributed by atoms with E-state index in [4.69, 9.17) is 0 Å². The van der Waals surface area contributed by atoms with Gasteiger partial charge in [0.25, 0.3) is 0 Å². The Kier molecular flexibility index (Phi) is 2.38. The van der Waals surface area contributed by atoms with Gasteiger partial charge in [-0.15, -0.1) is 0 Å². The number of fused-ring (bicyclic) bond motifs is 4. The molecular formula is C22H27N2+. The highest BCUT2D eigenvalue weighted by Crippen LogP contribution is 2.65. The van der Waals surface area contributed by atoms with Crippen LogP contribution in [-0.4, -0.2) is 43.2 Å². The van der Waals surface area contributed by atoms with Gasteiger partial charge in [-0.2, -0.15) is 0 Å². The number of hydrogen-bond donors (Lipinski definition) is 0. The lowest BCUT2D eigenvalue weighted by Gasteiger charge is -2.56. The van der Waals surface area contributed by atoms with Gasteiger partial charge >= 0.3 is 0 Å². The number of quaternary nitrogens is 1. The maximum absolute atomic E-state index is 2.79. The summed E-state index contributed by atoms with van der Waals surface area (Å²) in [6.07, 6.45) is 9.04. The number of nitrogens with zero attached hydrogens (tertiary/aromatic N) is 2. The smallest absolute Gasteiger partial charge is 0.102 e. The van der Waals surface area contributed by atoms with Crippen LogP contribution in [0.3, 0.4) is 0 Å². The van der Waals surface area contributed by atoms with Gasteiger partial charge in [0, 0.05) is 31.0 Å². The first kappa shape index (κ1) is 13.7. The number of anilines is 1. The Labute approximate surface area is 145 Å². The van der Waals surface area contributed by atoms with Crippen LogP contribution in [0.2, 0.25) is 0 Å². The van der Waals surface area contributed by atoms with Crippen LogP contribution in [0.15, 0.2) is 47.6 Å². The SMILES string of the molecule is C/C=C1\C[N@+]2(C)CC[C@]34c5ccccc5N5CCC=C([C@H]1C[C@H]32)[C@H]54. The van der Waals surface area contributed by atoms with Crippen molar-refractivity contribution in [1.82, 2.24) is 0 Å². The summed E-state index contributed by atoms with van der Waals surface area (Å²) in [5.74, 6) is 0.722. The van der Waals surface area contributed by atoms with Crippen molar-refractivity contribution >= 4 is 5.69 Å². The van der Waals surface area contributed by atoms with Gasteiger partial charge < -0.3 is 9.38 Å². The van der Waals surface area contributed by atoms with Crippen LogP contribution in [0.25, 0.3) is 0 Å². The predicted octanol–water partition coefficient (Wildman–Crippen LogP) is 3.64. The largest absolute Gasteiger partial charge is 0.363 e. The first-order valence-electron chi connectivity index (χ1n) is 9.74. The van der Waals surface area contributed by atoms with Crippen LogP contribution in [0, 0.1) is 5.92 Å². The Morgan fingerprint density at radius 1 is 1.29 bits per heavy atom. The van der Waals surface area contributed by atoms with Crippen molar-refractivity contribution in [3.8, 4) is 0 Å². The fourth-order valence-electron chi connectivity index (χ4n) is 7.37. The molecule has 0 unspecified atom stereocenters. The number of rotatable bonds is 0. The Hall–Kier alpha value is -1.54. The van der Waals surface area contributed by atoms with E-state index in [0.717, 1.165) is 12.0 Å². The quantitative estimate of drug-likeness (QED) is 0.521. The van der Waals surface area contributed by atoms with Crippen LogP contribution in [0.1, 0.15) is 31.7 Å². The van der Waals surface area contributed by atoms with Crippen LogP contribution < -0.4 is 4.90 Å². The molecule has 24 heavy (non-hydrogen) atoms. The molecule has 0 aromatic heterocycles. The molecule has 3 fully saturated rings. The summed E-state index contributed by atoms with van der Waals surface area (Å²) in [7, 11) is 2.54. The van der Waals surface area contributed by atoms with Gasteiger partial charge in [0.1, 0.15) is 12.6 Å². The third kappa shape index (κ3) is 1.29. The van der Waals surface area contributed by atoms with E-state index >= 15 is 0 Å². The standard InChI is InChI=1S/C22H27N2/c1-3-15-14-24(2)12-10-22-18-8-4-5-9-19(18)23-11-6-7-16(21(22)23)17(15)13-20(22)24/h3-5,7-9,17,20-21H,6,10-14H2,1-2H3/q+1/b15-3+/t17-,20+,21-,22-,24-/m0/s1. The monoisotopic (exact) mass is 319 g/mol. The molecule has 2 nitrogen and oxygen atoms in total. The molecule has 1 spiro atoms. The van der Waals surface area contributed by atoms with Crippen LogP contribution >= 0.6 is 0 Å². The minimum atomic E-state index is 0.382. The average molecular weight is 319 g/mol. The second kappa shape index (κ2) is 4.16. The highest BCUT2D eigenvalue weighted by molar-refractivity contribution is 5.70. The summed E-state index contributed by atoms with van der Waals surface area (Å²) in [6.45, 7) is 6.10. The second-order valence-electron chi connectivity index (χ2n) is 8.93. The van der Waals surface area contributed by atoms with E-state index in [0.29, 0.717) is 11.5 Å². The fraction of sp³-hybridized carbons (Fsp3) is 0.545. The normalized spacial score (nSPS) is 45.9. The van der Waals surface area contributed by atoms with E-state index in [-0.39, 0.29) is 0 Å². The summed E-state index contributed by atoms with van der Waals surface area (Å²) >= 11 is 0. The van der Waals surface area contributed by atoms with E-state index in [2.05, 4.69) is 55.3 Å². The van der Waals surface area contributed by atoms with Crippen molar-refractivity contribution in [2.45, 2.75) is 43.7 Å². The van der Waals surface area contributed by atoms with Crippen molar-refractivity contribution in [3.63, 3.8) is 0 Å². The van der Waals surface area contributed by atoms with E-state index in [9.17, 15) is 0 Å². The molecule has 2 saturated heterocycles. The van der Waals surface area contributed by atoms with E-state index in [1.165, 1.54) is 43.4 Å². The second-order valence-corrected chi connectivity index (χ2v) is 8.93. The van der Waals surface area contributed by atoms with Crippen molar-refractivity contribution in [1.29, 1.82) is 0 Å². The minimum Gasteiger partial charge on any atom is -0.363 e. The molecule has 1 aromatic rings. The molecule has 1 aliphatic carbocycles. The first-order valence-corrected chi connectivity index (χ1v) is 9.74. The van der Waals surface area contributed by atoms with Crippen molar-refractivity contribution in [2.24, 2.45) is 5.92 Å². The number of hydrogen-bond acceptors (Lipinski definition) is 1. The van der Waals surface area contributed by atoms with Crippen LogP contribution in [-0.2, 0) is 5.41 Å². The lowest BCUT2D eigenvalue weighted by Crippen LogP contribution is -2.67. The number of piperidine rings is 1. The van der Waals surface area contributed by atoms with Crippen molar-refractivity contribution in [3.05, 3.63) is 53.1 Å². The van der Waals surface area contributed by atoms with Crippen LogP contribution in [0.5, 0.6) is 0 Å². The molecule has 0 N–H and O–H groups in total. The number of allylic oxidation sites excluding steroid dienone is 1. The van der Waals surface area contributed by atoms with Crippen LogP contribution in [0.4, 0.5) is 5.69 Å². The van der Waals surface area contributed by atoms with Crippen molar-refractivity contribution < 1.29 is 4.48 Å². The lowest BCUT2D eigenvalue weighted by molar-refractivity contribution is -0.924. The maximum Gasteiger partial charge on any atom is 0.102 e. The van der Waals surface area contributed by atoms with E-state index in [1.54, 1.807) is 22.4 Å². The molecule has 5 aliphatic rings. The number of para-hydroxylation sites is 1. The highest BCUT2D eigenvalue weighted by Gasteiger charge is 2.71. The third-order valence-corrected chi connectivity index (χ3v) is 8.19. The van der Waals surface area contributed by atoms with Gasteiger partial charge in [-0.1, -0.05) is 30.4 Å². The summed E-state index contributed by atoms with van der Waals surface area (Å²) in [4.78, 5) is 2.79. The van der Waals surface area contributed by atoms with Gasteiger partial charge in [0.05, 0.1) is 25.0 Å². The predicted molar refractivity (Wildman–Crippen MR) is 98.1 cm³/mol. The Morgan fingerprint density at radius 2 is 2.17 bits per heavy atom. The molecule has 2 heteroatoms. The van der Waals surface area contributed by atoms with E-state index < -0.39 is 0 Å². The van der Waals surface area contributed by atoms with Crippen molar-refractivity contribution in [2.75, 3.05) is 31.6 Å². The average Bonchev–Trinajstić information content (AvgIpc) is 3.11. The topological polar surface area (TPSA) is 3.24 Å². The van der Waals surface area contributed by atoms with Gasteiger partial charge in [-0.25, -0.2) is 0 Å². The summed E-state index contributed by atoms with van der Waals surface area (Å²) < 4.78 is 1.28. The highest BCUT2D eigenvalue weighted by atomic mass is 15.4. The van der Waals surface area contributed by atoms with Gasteiger partial charge in [0.2, 0.25) is 0 Å². The van der Waals surface area contributed by atoms with Gasteiger partial charge in [-0.05, 0) is 36.1 Å². The number of benzene rings is 1. The molecule has 124 valence electrons. The first-order chi connectivity index (χ1) is 11.7. The molecule has 5 atom stereocenters. The molecule has 4 heterocycles. The minimum absolute atomic E-state index is 0.382. The van der Waals surface area contributed by atoms with Gasteiger partial charge in [-0.3, -0.25) is 0 Å². The molecule has 2 bridgehead atoms. The molecular weight excluding hydrogens is 292 g/mol. The van der Waals surface area contributed by atoms with E-state index in [1.807, 2.05) is 0 Å².